The lowest BCUT2D eigenvalue weighted by Crippen LogP contribution is -2.42. The standard InChI is InChI=1S/C25H30N2O3/c1-30-22-15-12-20(13-16-22)18-26-23(17-14-19-8-4-2-5-9-19)24(28)27(25(26)29)21-10-6-3-7-11-21/h2,4-5,8-9,12-13,15-16,21,23H,3,6-7,10-11,14,17-18H2,1H3. The molecule has 2 aromatic carbocycles. The summed E-state index contributed by atoms with van der Waals surface area (Å²) in [5.41, 5.74) is 2.20. The van der Waals surface area contributed by atoms with Crippen molar-refractivity contribution in [2.24, 2.45) is 0 Å². The van der Waals surface area contributed by atoms with Crippen LogP contribution in [0.5, 0.6) is 5.75 Å². The lowest BCUT2D eigenvalue weighted by Gasteiger charge is -2.29. The summed E-state index contributed by atoms with van der Waals surface area (Å²) >= 11 is 0. The zero-order valence-electron chi connectivity index (χ0n) is 17.6. The van der Waals surface area contributed by atoms with Crippen LogP contribution in [0.15, 0.2) is 54.6 Å². The Morgan fingerprint density at radius 1 is 0.900 bits per heavy atom. The topological polar surface area (TPSA) is 49.9 Å². The van der Waals surface area contributed by atoms with Crippen LogP contribution in [0.3, 0.4) is 0 Å². The minimum Gasteiger partial charge on any atom is -0.497 e. The number of hydrogen-bond acceptors (Lipinski definition) is 3. The van der Waals surface area contributed by atoms with Crippen LogP contribution < -0.4 is 4.74 Å². The molecule has 0 aromatic heterocycles. The number of nitrogens with zero attached hydrogens (tertiary/aromatic N) is 2. The van der Waals surface area contributed by atoms with E-state index >= 15 is 0 Å². The molecular formula is C25H30N2O3. The molecule has 0 N–H and O–H groups in total. The molecule has 0 bridgehead atoms. The van der Waals surface area contributed by atoms with Gasteiger partial charge in [0.15, 0.2) is 0 Å². The van der Waals surface area contributed by atoms with Crippen molar-refractivity contribution in [3.8, 4) is 5.75 Å². The van der Waals surface area contributed by atoms with Crippen molar-refractivity contribution < 1.29 is 14.3 Å². The Bertz CT molecular complexity index is 860. The first kappa shape index (κ1) is 20.5. The average molecular weight is 407 g/mol. The number of hydrogen-bond donors (Lipinski definition) is 0. The molecule has 2 aliphatic rings. The Morgan fingerprint density at radius 2 is 1.60 bits per heavy atom. The van der Waals surface area contributed by atoms with E-state index in [1.165, 1.54) is 12.0 Å². The number of carbonyl (C=O) groups is 2. The molecule has 1 aliphatic heterocycles. The van der Waals surface area contributed by atoms with Crippen LogP contribution in [0.1, 0.15) is 49.7 Å². The summed E-state index contributed by atoms with van der Waals surface area (Å²) in [5.74, 6) is 0.767. The first-order chi connectivity index (χ1) is 14.7. The molecule has 2 aromatic rings. The molecule has 1 aliphatic carbocycles. The third-order valence-electron chi connectivity index (χ3n) is 6.35. The van der Waals surface area contributed by atoms with Crippen LogP contribution >= 0.6 is 0 Å². The number of benzene rings is 2. The summed E-state index contributed by atoms with van der Waals surface area (Å²) in [6, 6.07) is 17.4. The van der Waals surface area contributed by atoms with Gasteiger partial charge in [-0.2, -0.15) is 0 Å². The smallest absolute Gasteiger partial charge is 0.328 e. The highest BCUT2D eigenvalue weighted by molar-refractivity contribution is 6.04. The lowest BCUT2D eigenvalue weighted by molar-refractivity contribution is -0.130. The first-order valence-corrected chi connectivity index (χ1v) is 11.0. The normalized spacial score (nSPS) is 20.1. The van der Waals surface area contributed by atoms with E-state index in [0.29, 0.717) is 13.0 Å². The zero-order valence-corrected chi connectivity index (χ0v) is 17.6. The van der Waals surface area contributed by atoms with Crippen molar-refractivity contribution in [2.45, 2.75) is 63.6 Å². The largest absolute Gasteiger partial charge is 0.497 e. The molecule has 0 radical (unpaired) electrons. The molecule has 5 heteroatoms. The summed E-state index contributed by atoms with van der Waals surface area (Å²) in [6.07, 6.45) is 6.66. The van der Waals surface area contributed by atoms with E-state index in [9.17, 15) is 9.59 Å². The van der Waals surface area contributed by atoms with Crippen LogP contribution in [-0.2, 0) is 17.8 Å². The highest BCUT2D eigenvalue weighted by Gasteiger charge is 2.47. The highest BCUT2D eigenvalue weighted by Crippen LogP contribution is 2.31. The van der Waals surface area contributed by atoms with Gasteiger partial charge in [0.25, 0.3) is 5.91 Å². The van der Waals surface area contributed by atoms with Gasteiger partial charge in [0.2, 0.25) is 0 Å². The van der Waals surface area contributed by atoms with Gasteiger partial charge in [-0.25, -0.2) is 4.79 Å². The summed E-state index contributed by atoms with van der Waals surface area (Å²) in [7, 11) is 1.64. The van der Waals surface area contributed by atoms with Crippen LogP contribution in [0, 0.1) is 0 Å². The van der Waals surface area contributed by atoms with E-state index in [2.05, 4.69) is 12.1 Å². The summed E-state index contributed by atoms with van der Waals surface area (Å²) in [5, 5.41) is 0. The quantitative estimate of drug-likeness (QED) is 0.621. The molecule has 1 saturated carbocycles. The molecular weight excluding hydrogens is 376 g/mol. The van der Waals surface area contributed by atoms with Crippen molar-refractivity contribution in [3.63, 3.8) is 0 Å². The van der Waals surface area contributed by atoms with Crippen LogP contribution in [-0.4, -0.2) is 40.9 Å². The van der Waals surface area contributed by atoms with Crippen LogP contribution in [0.2, 0.25) is 0 Å². The van der Waals surface area contributed by atoms with Crippen molar-refractivity contribution in [3.05, 3.63) is 65.7 Å². The van der Waals surface area contributed by atoms with E-state index < -0.39 is 6.04 Å². The molecule has 1 unspecified atom stereocenters. The SMILES string of the molecule is COc1ccc(CN2C(=O)N(C3CCCCC3)C(=O)C2CCc2ccccc2)cc1. The summed E-state index contributed by atoms with van der Waals surface area (Å²) in [4.78, 5) is 30.1. The molecule has 2 fully saturated rings. The molecule has 4 rings (SSSR count). The lowest BCUT2D eigenvalue weighted by atomic mass is 9.94. The van der Waals surface area contributed by atoms with Gasteiger partial charge in [-0.05, 0) is 48.9 Å². The van der Waals surface area contributed by atoms with Crippen molar-refractivity contribution >= 4 is 11.9 Å². The van der Waals surface area contributed by atoms with Gasteiger partial charge in [-0.15, -0.1) is 0 Å². The average Bonchev–Trinajstić information content (AvgIpc) is 3.03. The van der Waals surface area contributed by atoms with Crippen molar-refractivity contribution in [2.75, 3.05) is 7.11 Å². The molecule has 1 saturated heterocycles. The maximum absolute atomic E-state index is 13.4. The molecule has 1 heterocycles. The van der Waals surface area contributed by atoms with E-state index in [1.54, 1.807) is 16.9 Å². The Balaban J connectivity index is 1.55. The predicted molar refractivity (Wildman–Crippen MR) is 116 cm³/mol. The van der Waals surface area contributed by atoms with E-state index in [-0.39, 0.29) is 18.0 Å². The third kappa shape index (κ3) is 4.35. The number of urea groups is 1. The zero-order chi connectivity index (χ0) is 20.9. The minimum atomic E-state index is -0.401. The van der Waals surface area contributed by atoms with Crippen molar-refractivity contribution in [1.29, 1.82) is 0 Å². The van der Waals surface area contributed by atoms with Crippen LogP contribution in [0.4, 0.5) is 4.79 Å². The molecule has 158 valence electrons. The molecule has 0 spiro atoms. The fraction of sp³-hybridized carbons (Fsp3) is 0.440. The van der Waals surface area contributed by atoms with Gasteiger partial charge in [-0.3, -0.25) is 9.69 Å². The maximum atomic E-state index is 13.4. The number of ether oxygens (including phenoxy) is 1. The van der Waals surface area contributed by atoms with Gasteiger partial charge in [0.1, 0.15) is 11.8 Å². The van der Waals surface area contributed by atoms with Gasteiger partial charge in [0, 0.05) is 12.6 Å². The van der Waals surface area contributed by atoms with Gasteiger partial charge >= 0.3 is 6.03 Å². The van der Waals surface area contributed by atoms with E-state index in [4.69, 9.17) is 4.74 Å². The summed E-state index contributed by atoms with van der Waals surface area (Å²) < 4.78 is 5.24. The molecule has 5 nitrogen and oxygen atoms in total. The van der Waals surface area contributed by atoms with Gasteiger partial charge < -0.3 is 9.64 Å². The number of amides is 3. The Labute approximate surface area is 178 Å². The Morgan fingerprint density at radius 3 is 2.27 bits per heavy atom. The number of carbonyl (C=O) groups excluding carboxylic acids is 2. The molecule has 30 heavy (non-hydrogen) atoms. The van der Waals surface area contributed by atoms with Gasteiger partial charge in [0.05, 0.1) is 7.11 Å². The summed E-state index contributed by atoms with van der Waals surface area (Å²) in [6.45, 7) is 0.442. The predicted octanol–water partition coefficient (Wildman–Crippen LogP) is 4.79. The number of aryl methyl sites for hydroxylation is 1. The minimum absolute atomic E-state index is 0.0173. The van der Waals surface area contributed by atoms with Crippen LogP contribution in [0.25, 0.3) is 0 Å². The Kier molecular flexibility index (Phi) is 6.36. The fourth-order valence-electron chi connectivity index (χ4n) is 4.67. The number of rotatable bonds is 7. The Hall–Kier alpha value is -2.82. The van der Waals surface area contributed by atoms with E-state index in [0.717, 1.165) is 43.4 Å². The molecule has 1 atom stereocenters. The van der Waals surface area contributed by atoms with E-state index in [1.807, 2.05) is 42.5 Å². The molecule has 3 amide bonds. The van der Waals surface area contributed by atoms with Crippen molar-refractivity contribution in [1.82, 2.24) is 9.80 Å². The second kappa shape index (κ2) is 9.33. The second-order valence-electron chi connectivity index (χ2n) is 8.30. The maximum Gasteiger partial charge on any atom is 0.328 e. The number of imide groups is 1. The highest BCUT2D eigenvalue weighted by atomic mass is 16.5. The third-order valence-corrected chi connectivity index (χ3v) is 6.35. The van der Waals surface area contributed by atoms with Gasteiger partial charge in [-0.1, -0.05) is 61.7 Å². The first-order valence-electron chi connectivity index (χ1n) is 11.0. The monoisotopic (exact) mass is 406 g/mol. The fourth-order valence-corrected chi connectivity index (χ4v) is 4.67. The number of methoxy groups -OCH3 is 1. The second-order valence-corrected chi connectivity index (χ2v) is 8.30.